The number of aryl methyl sites for hydroxylation is 1. The molecule has 4 heteroatoms. The molecular formula is C12H16N2OS. The lowest BCUT2D eigenvalue weighted by molar-refractivity contribution is 0.501. The molecule has 1 N–H and O–H groups in total. The molecule has 2 aromatic rings. The zero-order chi connectivity index (χ0) is 11.4. The first-order valence-electron chi connectivity index (χ1n) is 5.51. The maximum absolute atomic E-state index is 5.73. The Morgan fingerprint density at radius 1 is 1.50 bits per heavy atom. The van der Waals surface area contributed by atoms with Gasteiger partial charge in [0.2, 0.25) is 0 Å². The van der Waals surface area contributed by atoms with Crippen molar-refractivity contribution < 1.29 is 4.42 Å². The molecular weight excluding hydrogens is 220 g/mol. The van der Waals surface area contributed by atoms with Crippen LogP contribution in [0.15, 0.2) is 22.1 Å². The Morgan fingerprint density at radius 3 is 3.12 bits per heavy atom. The van der Waals surface area contributed by atoms with Crippen LogP contribution in [-0.2, 0) is 12.8 Å². The van der Waals surface area contributed by atoms with Gasteiger partial charge < -0.3 is 9.73 Å². The van der Waals surface area contributed by atoms with Gasteiger partial charge in [-0.1, -0.05) is 6.92 Å². The van der Waals surface area contributed by atoms with E-state index >= 15 is 0 Å². The predicted octanol–water partition coefficient (Wildman–Crippen LogP) is 2.73. The van der Waals surface area contributed by atoms with Crippen molar-refractivity contribution >= 4 is 11.3 Å². The average molecular weight is 236 g/mol. The summed E-state index contributed by atoms with van der Waals surface area (Å²) in [5.41, 5.74) is 1.33. The van der Waals surface area contributed by atoms with Crippen LogP contribution in [0.1, 0.15) is 18.4 Å². The molecule has 0 spiro atoms. The third kappa shape index (κ3) is 2.33. The molecule has 0 aliphatic carbocycles. The summed E-state index contributed by atoms with van der Waals surface area (Å²) < 4.78 is 5.73. The van der Waals surface area contributed by atoms with Gasteiger partial charge in [0.15, 0.2) is 11.7 Å². The lowest BCUT2D eigenvalue weighted by Crippen LogP contribution is -2.10. The molecule has 0 amide bonds. The van der Waals surface area contributed by atoms with Gasteiger partial charge in [-0.2, -0.15) is 0 Å². The number of thiophene rings is 1. The fourth-order valence-electron chi connectivity index (χ4n) is 1.59. The van der Waals surface area contributed by atoms with Gasteiger partial charge >= 0.3 is 0 Å². The monoisotopic (exact) mass is 236 g/mol. The highest BCUT2D eigenvalue weighted by atomic mass is 32.1. The molecule has 0 aliphatic rings. The van der Waals surface area contributed by atoms with Gasteiger partial charge in [-0.05, 0) is 30.5 Å². The first kappa shape index (κ1) is 11.4. The SMILES string of the molecule is CCc1ccsc1-c1cnc(CCNC)o1. The van der Waals surface area contributed by atoms with E-state index in [0.29, 0.717) is 0 Å². The van der Waals surface area contributed by atoms with E-state index < -0.39 is 0 Å². The number of rotatable bonds is 5. The number of oxazole rings is 1. The number of nitrogens with zero attached hydrogens (tertiary/aromatic N) is 1. The normalized spacial score (nSPS) is 10.9. The van der Waals surface area contributed by atoms with Crippen LogP contribution in [0.5, 0.6) is 0 Å². The van der Waals surface area contributed by atoms with E-state index in [2.05, 4.69) is 28.7 Å². The highest BCUT2D eigenvalue weighted by Gasteiger charge is 2.10. The molecule has 2 aromatic heterocycles. The van der Waals surface area contributed by atoms with Crippen LogP contribution < -0.4 is 5.32 Å². The lowest BCUT2D eigenvalue weighted by atomic mass is 10.2. The number of likely N-dealkylation sites (N-methyl/N-ethyl adjacent to an activating group) is 1. The van der Waals surface area contributed by atoms with Crippen molar-refractivity contribution in [2.24, 2.45) is 0 Å². The van der Waals surface area contributed by atoms with Gasteiger partial charge in [0.25, 0.3) is 0 Å². The van der Waals surface area contributed by atoms with Gasteiger partial charge in [0.05, 0.1) is 11.1 Å². The van der Waals surface area contributed by atoms with E-state index in [-0.39, 0.29) is 0 Å². The summed E-state index contributed by atoms with van der Waals surface area (Å²) in [5, 5.41) is 5.19. The highest BCUT2D eigenvalue weighted by molar-refractivity contribution is 7.13. The molecule has 0 saturated carbocycles. The maximum Gasteiger partial charge on any atom is 0.196 e. The molecule has 2 heterocycles. The molecule has 0 fully saturated rings. The van der Waals surface area contributed by atoms with Crippen LogP contribution in [-0.4, -0.2) is 18.6 Å². The van der Waals surface area contributed by atoms with E-state index in [1.165, 1.54) is 10.4 Å². The molecule has 0 atom stereocenters. The summed E-state index contributed by atoms with van der Waals surface area (Å²) in [6.07, 6.45) is 3.70. The van der Waals surface area contributed by atoms with E-state index in [4.69, 9.17) is 4.42 Å². The van der Waals surface area contributed by atoms with Gasteiger partial charge in [-0.15, -0.1) is 11.3 Å². The molecule has 0 radical (unpaired) electrons. The number of nitrogens with one attached hydrogen (secondary N) is 1. The Kier molecular flexibility index (Phi) is 3.74. The molecule has 0 saturated heterocycles. The van der Waals surface area contributed by atoms with Crippen LogP contribution in [0.3, 0.4) is 0 Å². The summed E-state index contributed by atoms with van der Waals surface area (Å²) in [4.78, 5) is 5.50. The highest BCUT2D eigenvalue weighted by Crippen LogP contribution is 2.30. The van der Waals surface area contributed by atoms with Crippen LogP contribution in [0, 0.1) is 0 Å². The quantitative estimate of drug-likeness (QED) is 0.867. The van der Waals surface area contributed by atoms with Crippen molar-refractivity contribution in [2.45, 2.75) is 19.8 Å². The zero-order valence-corrected chi connectivity index (χ0v) is 10.4. The Morgan fingerprint density at radius 2 is 2.38 bits per heavy atom. The smallest absolute Gasteiger partial charge is 0.196 e. The Labute approximate surface area is 99.5 Å². The zero-order valence-electron chi connectivity index (χ0n) is 9.62. The minimum Gasteiger partial charge on any atom is -0.440 e. The number of aromatic nitrogens is 1. The van der Waals surface area contributed by atoms with Crippen molar-refractivity contribution in [3.8, 4) is 10.6 Å². The summed E-state index contributed by atoms with van der Waals surface area (Å²) in [6, 6.07) is 2.15. The molecule has 2 rings (SSSR count). The van der Waals surface area contributed by atoms with E-state index in [9.17, 15) is 0 Å². The average Bonchev–Trinajstić information content (AvgIpc) is 2.94. The largest absolute Gasteiger partial charge is 0.440 e. The maximum atomic E-state index is 5.73. The van der Waals surface area contributed by atoms with Crippen molar-refractivity contribution in [1.29, 1.82) is 0 Å². The van der Waals surface area contributed by atoms with Crippen molar-refractivity contribution in [2.75, 3.05) is 13.6 Å². The second-order valence-electron chi connectivity index (χ2n) is 3.60. The standard InChI is InChI=1S/C12H16N2OS/c1-3-9-5-7-16-12(9)10-8-14-11(15-10)4-6-13-2/h5,7-8,13H,3-4,6H2,1-2H3. The molecule has 3 nitrogen and oxygen atoms in total. The Bertz CT molecular complexity index is 447. The second-order valence-corrected chi connectivity index (χ2v) is 4.52. The molecule has 0 unspecified atom stereocenters. The molecule has 16 heavy (non-hydrogen) atoms. The first-order valence-corrected chi connectivity index (χ1v) is 6.39. The molecule has 86 valence electrons. The van der Waals surface area contributed by atoms with Gasteiger partial charge in [-0.25, -0.2) is 4.98 Å². The fourth-order valence-corrected chi connectivity index (χ4v) is 2.54. The van der Waals surface area contributed by atoms with E-state index in [1.807, 2.05) is 13.2 Å². The number of hydrogen-bond donors (Lipinski definition) is 1. The predicted molar refractivity (Wildman–Crippen MR) is 66.8 cm³/mol. The fraction of sp³-hybridized carbons (Fsp3) is 0.417. The van der Waals surface area contributed by atoms with Gasteiger partial charge in [0, 0.05) is 13.0 Å². The Balaban J connectivity index is 2.18. The minimum atomic E-state index is 0.805. The van der Waals surface area contributed by atoms with Crippen LogP contribution in [0.4, 0.5) is 0 Å². The number of hydrogen-bond acceptors (Lipinski definition) is 4. The topological polar surface area (TPSA) is 38.1 Å². The summed E-state index contributed by atoms with van der Waals surface area (Å²) in [6.45, 7) is 3.05. The van der Waals surface area contributed by atoms with Crippen molar-refractivity contribution in [3.05, 3.63) is 29.1 Å². The summed E-state index contributed by atoms with van der Waals surface area (Å²) >= 11 is 1.72. The van der Waals surface area contributed by atoms with Gasteiger partial charge in [0.1, 0.15) is 0 Å². The molecule has 0 aliphatic heterocycles. The van der Waals surface area contributed by atoms with Crippen LogP contribution >= 0.6 is 11.3 Å². The first-order chi connectivity index (χ1) is 7.85. The van der Waals surface area contributed by atoms with Crippen LogP contribution in [0.25, 0.3) is 10.6 Å². The second kappa shape index (κ2) is 5.27. The minimum absolute atomic E-state index is 0.805. The Hall–Kier alpha value is -1.13. The van der Waals surface area contributed by atoms with Gasteiger partial charge in [-0.3, -0.25) is 0 Å². The van der Waals surface area contributed by atoms with Crippen molar-refractivity contribution in [3.63, 3.8) is 0 Å². The van der Waals surface area contributed by atoms with E-state index in [0.717, 1.165) is 31.0 Å². The molecule has 0 bridgehead atoms. The summed E-state index contributed by atoms with van der Waals surface area (Å²) in [7, 11) is 1.93. The third-order valence-corrected chi connectivity index (χ3v) is 3.47. The molecule has 0 aromatic carbocycles. The van der Waals surface area contributed by atoms with E-state index in [1.54, 1.807) is 11.3 Å². The third-order valence-electron chi connectivity index (χ3n) is 2.49. The lowest BCUT2D eigenvalue weighted by Gasteiger charge is -1.96. The van der Waals surface area contributed by atoms with Crippen molar-refractivity contribution in [1.82, 2.24) is 10.3 Å². The van der Waals surface area contributed by atoms with Crippen LogP contribution in [0.2, 0.25) is 0 Å². The summed E-state index contributed by atoms with van der Waals surface area (Å²) in [5.74, 6) is 1.71.